The Morgan fingerprint density at radius 1 is 1.20 bits per heavy atom. The quantitative estimate of drug-likeness (QED) is 0.776. The van der Waals surface area contributed by atoms with E-state index in [9.17, 15) is 9.59 Å². The first kappa shape index (κ1) is 14.5. The summed E-state index contributed by atoms with van der Waals surface area (Å²) in [6, 6.07) is 7.13. The summed E-state index contributed by atoms with van der Waals surface area (Å²) < 4.78 is 0. The summed E-state index contributed by atoms with van der Waals surface area (Å²) >= 11 is 0. The van der Waals surface area contributed by atoms with Crippen LogP contribution in [0.3, 0.4) is 0 Å². The third-order valence-electron chi connectivity index (χ3n) is 3.33. The van der Waals surface area contributed by atoms with E-state index in [2.05, 4.69) is 22.9 Å². The van der Waals surface area contributed by atoms with Gasteiger partial charge < -0.3 is 16.0 Å². The van der Waals surface area contributed by atoms with E-state index in [0.29, 0.717) is 11.3 Å². The first-order valence-corrected chi connectivity index (χ1v) is 6.90. The SMILES string of the molecule is [CH2]CC(=O)Nc1ccc(C(=O)NC2CCNCC2)cc1. The highest BCUT2D eigenvalue weighted by molar-refractivity contribution is 5.96. The molecule has 1 aromatic carbocycles. The van der Waals surface area contributed by atoms with Gasteiger partial charge in [0.25, 0.3) is 5.91 Å². The van der Waals surface area contributed by atoms with E-state index < -0.39 is 0 Å². The van der Waals surface area contributed by atoms with Crippen molar-refractivity contribution in [2.45, 2.75) is 25.3 Å². The fraction of sp³-hybridized carbons (Fsp3) is 0.400. The average Bonchev–Trinajstić information content (AvgIpc) is 2.49. The molecular weight excluding hydrogens is 254 g/mol. The lowest BCUT2D eigenvalue weighted by molar-refractivity contribution is -0.115. The second kappa shape index (κ2) is 7.05. The molecule has 2 amide bonds. The van der Waals surface area contributed by atoms with Gasteiger partial charge in [-0.05, 0) is 57.1 Å². The van der Waals surface area contributed by atoms with Crippen molar-refractivity contribution in [1.82, 2.24) is 10.6 Å². The second-order valence-corrected chi connectivity index (χ2v) is 4.87. The third-order valence-corrected chi connectivity index (χ3v) is 3.33. The molecule has 0 unspecified atom stereocenters. The Hall–Kier alpha value is -1.88. The van der Waals surface area contributed by atoms with E-state index in [1.807, 2.05) is 0 Å². The zero-order valence-electron chi connectivity index (χ0n) is 11.4. The molecule has 0 aliphatic carbocycles. The van der Waals surface area contributed by atoms with Crippen LogP contribution in [0.5, 0.6) is 0 Å². The van der Waals surface area contributed by atoms with Gasteiger partial charge in [-0.15, -0.1) is 0 Å². The van der Waals surface area contributed by atoms with Gasteiger partial charge in [0.1, 0.15) is 0 Å². The molecule has 1 aromatic rings. The molecular formula is C15H20N3O2. The van der Waals surface area contributed by atoms with E-state index in [1.165, 1.54) is 0 Å². The number of benzene rings is 1. The van der Waals surface area contributed by atoms with Crippen LogP contribution in [0, 0.1) is 6.92 Å². The van der Waals surface area contributed by atoms with Gasteiger partial charge >= 0.3 is 0 Å². The molecule has 1 aliphatic heterocycles. The number of nitrogens with one attached hydrogen (secondary N) is 3. The lowest BCUT2D eigenvalue weighted by Crippen LogP contribution is -2.42. The molecule has 0 atom stereocenters. The number of carbonyl (C=O) groups excluding carboxylic acids is 2. The van der Waals surface area contributed by atoms with Crippen LogP contribution >= 0.6 is 0 Å². The topological polar surface area (TPSA) is 70.2 Å². The standard InChI is InChI=1S/C15H20N3O2/c1-2-14(19)17-12-5-3-11(4-6-12)15(20)18-13-7-9-16-10-8-13/h3-6,13,16H,1-2,7-10H2,(H,17,19)(H,18,20). The molecule has 1 radical (unpaired) electrons. The van der Waals surface area contributed by atoms with Crippen molar-refractivity contribution in [3.63, 3.8) is 0 Å². The number of rotatable bonds is 4. The number of amides is 2. The van der Waals surface area contributed by atoms with E-state index in [4.69, 9.17) is 0 Å². The highest BCUT2D eigenvalue weighted by Gasteiger charge is 2.16. The summed E-state index contributed by atoms with van der Waals surface area (Å²) in [6.07, 6.45) is 2.12. The number of piperidine rings is 1. The minimum atomic E-state index is -0.142. The van der Waals surface area contributed by atoms with E-state index in [-0.39, 0.29) is 24.3 Å². The highest BCUT2D eigenvalue weighted by Crippen LogP contribution is 2.11. The van der Waals surface area contributed by atoms with Crippen LogP contribution in [0.1, 0.15) is 29.6 Å². The molecule has 0 bridgehead atoms. The third kappa shape index (κ3) is 4.06. The molecule has 1 fully saturated rings. The normalized spacial score (nSPS) is 15.7. The van der Waals surface area contributed by atoms with Gasteiger partial charge in [-0.25, -0.2) is 0 Å². The summed E-state index contributed by atoms with van der Waals surface area (Å²) in [5.41, 5.74) is 1.29. The van der Waals surface area contributed by atoms with Gasteiger partial charge in [-0.3, -0.25) is 9.59 Å². The Morgan fingerprint density at radius 2 is 1.85 bits per heavy atom. The Kier molecular flexibility index (Phi) is 5.12. The Balaban J connectivity index is 1.91. The monoisotopic (exact) mass is 274 g/mol. The van der Waals surface area contributed by atoms with Crippen molar-refractivity contribution >= 4 is 17.5 Å². The van der Waals surface area contributed by atoms with Crippen LogP contribution in [0.2, 0.25) is 0 Å². The molecule has 20 heavy (non-hydrogen) atoms. The molecule has 5 nitrogen and oxygen atoms in total. The molecule has 2 rings (SSSR count). The van der Waals surface area contributed by atoms with E-state index in [1.54, 1.807) is 24.3 Å². The number of hydrogen-bond donors (Lipinski definition) is 3. The largest absolute Gasteiger partial charge is 0.349 e. The molecule has 0 aromatic heterocycles. The average molecular weight is 274 g/mol. The molecule has 1 heterocycles. The Bertz CT molecular complexity index is 465. The molecule has 1 aliphatic rings. The molecule has 0 spiro atoms. The van der Waals surface area contributed by atoms with Crippen molar-refractivity contribution in [2.24, 2.45) is 0 Å². The van der Waals surface area contributed by atoms with E-state index >= 15 is 0 Å². The van der Waals surface area contributed by atoms with Gasteiger partial charge in [-0.1, -0.05) is 0 Å². The van der Waals surface area contributed by atoms with Crippen molar-refractivity contribution in [3.8, 4) is 0 Å². The molecule has 3 N–H and O–H groups in total. The summed E-state index contributed by atoms with van der Waals surface area (Å²) in [6.45, 7) is 5.40. The maximum atomic E-state index is 12.1. The van der Waals surface area contributed by atoms with Crippen molar-refractivity contribution < 1.29 is 9.59 Å². The van der Waals surface area contributed by atoms with Gasteiger partial charge in [0.15, 0.2) is 0 Å². The van der Waals surface area contributed by atoms with Crippen LogP contribution in [-0.4, -0.2) is 30.9 Å². The predicted molar refractivity (Wildman–Crippen MR) is 78.4 cm³/mol. The van der Waals surface area contributed by atoms with Crippen LogP contribution in [-0.2, 0) is 4.79 Å². The van der Waals surface area contributed by atoms with Gasteiger partial charge in [0.2, 0.25) is 5.91 Å². The lowest BCUT2D eigenvalue weighted by Gasteiger charge is -2.23. The first-order valence-electron chi connectivity index (χ1n) is 6.90. The van der Waals surface area contributed by atoms with Crippen molar-refractivity contribution in [1.29, 1.82) is 0 Å². The Labute approximate surface area is 119 Å². The van der Waals surface area contributed by atoms with Crippen LogP contribution < -0.4 is 16.0 Å². The Morgan fingerprint density at radius 3 is 2.45 bits per heavy atom. The minimum Gasteiger partial charge on any atom is -0.349 e. The fourth-order valence-corrected chi connectivity index (χ4v) is 2.16. The smallest absolute Gasteiger partial charge is 0.251 e. The van der Waals surface area contributed by atoms with Crippen LogP contribution in [0.15, 0.2) is 24.3 Å². The van der Waals surface area contributed by atoms with Crippen molar-refractivity contribution in [2.75, 3.05) is 18.4 Å². The zero-order chi connectivity index (χ0) is 14.4. The highest BCUT2D eigenvalue weighted by atomic mass is 16.2. The molecule has 5 heteroatoms. The molecule has 1 saturated heterocycles. The maximum Gasteiger partial charge on any atom is 0.251 e. The summed E-state index contributed by atoms with van der Waals surface area (Å²) in [4.78, 5) is 23.3. The zero-order valence-corrected chi connectivity index (χ0v) is 11.4. The fourth-order valence-electron chi connectivity index (χ4n) is 2.16. The molecule has 107 valence electrons. The van der Waals surface area contributed by atoms with Gasteiger partial charge in [0, 0.05) is 23.7 Å². The van der Waals surface area contributed by atoms with Gasteiger partial charge in [0.05, 0.1) is 0 Å². The summed E-state index contributed by atoms with van der Waals surface area (Å²) in [7, 11) is 0. The maximum absolute atomic E-state index is 12.1. The summed E-state index contributed by atoms with van der Waals surface area (Å²) in [5.74, 6) is -0.205. The number of carbonyl (C=O) groups is 2. The lowest BCUT2D eigenvalue weighted by atomic mass is 10.1. The first-order chi connectivity index (χ1) is 9.69. The van der Waals surface area contributed by atoms with Gasteiger partial charge in [-0.2, -0.15) is 0 Å². The molecule has 0 saturated carbocycles. The predicted octanol–water partition coefficient (Wildman–Crippen LogP) is 1.33. The number of hydrogen-bond acceptors (Lipinski definition) is 3. The van der Waals surface area contributed by atoms with E-state index in [0.717, 1.165) is 25.9 Å². The van der Waals surface area contributed by atoms with Crippen LogP contribution in [0.4, 0.5) is 5.69 Å². The second-order valence-electron chi connectivity index (χ2n) is 4.87. The van der Waals surface area contributed by atoms with Crippen molar-refractivity contribution in [3.05, 3.63) is 36.8 Å². The summed E-state index contributed by atoms with van der Waals surface area (Å²) in [5, 5.41) is 8.99. The minimum absolute atomic E-state index is 0.0630. The number of anilines is 1. The van der Waals surface area contributed by atoms with Crippen LogP contribution in [0.25, 0.3) is 0 Å².